The van der Waals surface area contributed by atoms with Crippen LogP contribution in [0.2, 0.25) is 0 Å². The van der Waals surface area contributed by atoms with Gasteiger partial charge < -0.3 is 9.30 Å². The highest BCUT2D eigenvalue weighted by Gasteiger charge is 2.12. The topological polar surface area (TPSA) is 57.0 Å². The van der Waals surface area contributed by atoms with Crippen LogP contribution in [0.3, 0.4) is 0 Å². The third-order valence-corrected chi connectivity index (χ3v) is 2.98. The van der Waals surface area contributed by atoms with Crippen LogP contribution in [-0.2, 0) is 22.7 Å². The van der Waals surface area contributed by atoms with Crippen molar-refractivity contribution in [2.75, 3.05) is 0 Å². The van der Waals surface area contributed by atoms with Crippen LogP contribution in [-0.4, -0.2) is 20.5 Å². The fourth-order valence-electron chi connectivity index (χ4n) is 1.86. The molecule has 0 amide bonds. The Morgan fingerprint density at radius 3 is 2.65 bits per heavy atom. The Kier molecular flexibility index (Phi) is 4.50. The van der Waals surface area contributed by atoms with Crippen molar-refractivity contribution in [2.45, 2.75) is 39.8 Å². The summed E-state index contributed by atoms with van der Waals surface area (Å²) < 4.78 is 7.09. The molecule has 0 atom stereocenters. The van der Waals surface area contributed by atoms with E-state index in [4.69, 9.17) is 4.74 Å². The zero-order chi connectivity index (χ0) is 14.5. The molecule has 2 aromatic rings. The second kappa shape index (κ2) is 6.32. The number of aromatic nitrogens is 3. The van der Waals surface area contributed by atoms with Gasteiger partial charge in [0.05, 0.1) is 5.69 Å². The quantitative estimate of drug-likeness (QED) is 0.785. The Labute approximate surface area is 118 Å². The van der Waals surface area contributed by atoms with Crippen molar-refractivity contribution in [3.8, 4) is 0 Å². The van der Waals surface area contributed by atoms with Gasteiger partial charge in [-0.25, -0.2) is 4.98 Å². The summed E-state index contributed by atoms with van der Waals surface area (Å²) in [4.78, 5) is 19.5. The van der Waals surface area contributed by atoms with E-state index < -0.39 is 0 Å². The van der Waals surface area contributed by atoms with Crippen molar-refractivity contribution in [3.05, 3.63) is 47.8 Å². The van der Waals surface area contributed by atoms with Gasteiger partial charge >= 0.3 is 5.97 Å². The van der Waals surface area contributed by atoms with E-state index in [9.17, 15) is 4.79 Å². The summed E-state index contributed by atoms with van der Waals surface area (Å²) in [5.41, 5.74) is 2.14. The molecule has 0 saturated carbocycles. The molecule has 5 heteroatoms. The number of rotatable bonds is 5. The van der Waals surface area contributed by atoms with Gasteiger partial charge in [0.2, 0.25) is 0 Å². The van der Waals surface area contributed by atoms with Crippen LogP contribution in [0, 0.1) is 0 Å². The van der Waals surface area contributed by atoms with Gasteiger partial charge in [-0.15, -0.1) is 0 Å². The molecule has 0 radical (unpaired) electrons. The summed E-state index contributed by atoms with van der Waals surface area (Å²) in [5.74, 6) is 0.806. The molecule has 0 N–H and O–H groups in total. The fourth-order valence-corrected chi connectivity index (χ4v) is 1.86. The first-order chi connectivity index (χ1) is 9.56. The SMILES string of the molecule is CC(=O)OCc1nc(C(C)C)cn1Cc1ccncc1. The van der Waals surface area contributed by atoms with Crippen molar-refractivity contribution in [2.24, 2.45) is 0 Å². The average molecular weight is 273 g/mol. The zero-order valence-electron chi connectivity index (χ0n) is 12.0. The first kappa shape index (κ1) is 14.2. The smallest absolute Gasteiger partial charge is 0.303 e. The van der Waals surface area contributed by atoms with Crippen LogP contribution in [0.1, 0.15) is 43.8 Å². The Morgan fingerprint density at radius 2 is 2.05 bits per heavy atom. The molecule has 0 aliphatic heterocycles. The number of hydrogen-bond donors (Lipinski definition) is 0. The summed E-state index contributed by atoms with van der Waals surface area (Å²) in [5, 5.41) is 0. The summed E-state index contributed by atoms with van der Waals surface area (Å²) in [6, 6.07) is 3.93. The monoisotopic (exact) mass is 273 g/mol. The number of carbonyl (C=O) groups is 1. The minimum Gasteiger partial charge on any atom is -0.458 e. The third-order valence-electron chi connectivity index (χ3n) is 2.98. The van der Waals surface area contributed by atoms with Crippen molar-refractivity contribution in [3.63, 3.8) is 0 Å². The van der Waals surface area contributed by atoms with E-state index in [0.29, 0.717) is 12.5 Å². The highest BCUT2D eigenvalue weighted by Crippen LogP contribution is 2.16. The maximum Gasteiger partial charge on any atom is 0.303 e. The molecule has 0 aliphatic rings. The first-order valence-corrected chi connectivity index (χ1v) is 6.64. The van der Waals surface area contributed by atoms with Crippen molar-refractivity contribution >= 4 is 5.97 Å². The number of imidazole rings is 1. The highest BCUT2D eigenvalue weighted by atomic mass is 16.5. The lowest BCUT2D eigenvalue weighted by atomic mass is 10.2. The van der Waals surface area contributed by atoms with Crippen LogP contribution in [0.15, 0.2) is 30.7 Å². The Balaban J connectivity index is 2.22. The highest BCUT2D eigenvalue weighted by molar-refractivity contribution is 5.65. The zero-order valence-corrected chi connectivity index (χ0v) is 12.0. The third kappa shape index (κ3) is 3.66. The molecule has 2 aromatic heterocycles. The molecule has 0 unspecified atom stereocenters. The molecule has 2 rings (SSSR count). The predicted octanol–water partition coefficient (Wildman–Crippen LogP) is 2.51. The molecule has 20 heavy (non-hydrogen) atoms. The number of esters is 1. The number of carbonyl (C=O) groups excluding carboxylic acids is 1. The number of ether oxygens (including phenoxy) is 1. The van der Waals surface area contributed by atoms with E-state index in [1.54, 1.807) is 12.4 Å². The van der Waals surface area contributed by atoms with E-state index in [2.05, 4.69) is 23.8 Å². The van der Waals surface area contributed by atoms with Gasteiger partial charge in [0.1, 0.15) is 12.4 Å². The molecule has 0 fully saturated rings. The first-order valence-electron chi connectivity index (χ1n) is 6.64. The number of pyridine rings is 1. The lowest BCUT2D eigenvalue weighted by molar-refractivity contribution is -0.142. The molecule has 0 aliphatic carbocycles. The summed E-state index contributed by atoms with van der Waals surface area (Å²) >= 11 is 0. The second-order valence-electron chi connectivity index (χ2n) is 5.00. The molecule has 0 bridgehead atoms. The van der Waals surface area contributed by atoms with E-state index >= 15 is 0 Å². The second-order valence-corrected chi connectivity index (χ2v) is 5.00. The maximum atomic E-state index is 11.0. The molecule has 0 spiro atoms. The van der Waals surface area contributed by atoms with Crippen molar-refractivity contribution < 1.29 is 9.53 Å². The fraction of sp³-hybridized carbons (Fsp3) is 0.400. The van der Waals surface area contributed by atoms with Gasteiger partial charge in [-0.05, 0) is 23.6 Å². The van der Waals surface area contributed by atoms with Gasteiger partial charge in [0.15, 0.2) is 0 Å². The van der Waals surface area contributed by atoms with Gasteiger partial charge in [0.25, 0.3) is 0 Å². The predicted molar refractivity (Wildman–Crippen MR) is 75.1 cm³/mol. The van der Waals surface area contributed by atoms with Gasteiger partial charge in [0, 0.05) is 32.1 Å². The Morgan fingerprint density at radius 1 is 1.35 bits per heavy atom. The number of hydrogen-bond acceptors (Lipinski definition) is 4. The average Bonchev–Trinajstić information content (AvgIpc) is 2.81. The molecule has 0 saturated heterocycles. The van der Waals surface area contributed by atoms with Crippen molar-refractivity contribution in [1.29, 1.82) is 0 Å². The molecular weight excluding hydrogens is 254 g/mol. The lowest BCUT2D eigenvalue weighted by Gasteiger charge is -2.07. The van der Waals surface area contributed by atoms with Gasteiger partial charge in [-0.1, -0.05) is 13.8 Å². The normalized spacial score (nSPS) is 10.8. The van der Waals surface area contributed by atoms with Crippen LogP contribution in [0.25, 0.3) is 0 Å². The van der Waals surface area contributed by atoms with Crippen molar-refractivity contribution in [1.82, 2.24) is 14.5 Å². The minimum absolute atomic E-state index is 0.202. The van der Waals surface area contributed by atoms with E-state index in [0.717, 1.165) is 17.1 Å². The Bertz CT molecular complexity index is 576. The molecule has 2 heterocycles. The van der Waals surface area contributed by atoms with Crippen LogP contribution in [0.5, 0.6) is 0 Å². The molecule has 106 valence electrons. The minimum atomic E-state index is -0.297. The number of nitrogens with zero attached hydrogens (tertiary/aromatic N) is 3. The standard InChI is InChI=1S/C15H19N3O2/c1-11(2)14-9-18(8-13-4-6-16-7-5-13)15(17-14)10-20-12(3)19/h4-7,9,11H,8,10H2,1-3H3. The lowest BCUT2D eigenvalue weighted by Crippen LogP contribution is -2.08. The largest absolute Gasteiger partial charge is 0.458 e. The maximum absolute atomic E-state index is 11.0. The van der Waals surface area contributed by atoms with E-state index in [1.807, 2.05) is 22.9 Å². The summed E-state index contributed by atoms with van der Waals surface area (Å²) in [6.07, 6.45) is 5.55. The van der Waals surface area contributed by atoms with E-state index in [1.165, 1.54) is 6.92 Å². The molecule has 5 nitrogen and oxygen atoms in total. The van der Waals surface area contributed by atoms with Crippen LogP contribution in [0.4, 0.5) is 0 Å². The van der Waals surface area contributed by atoms with E-state index in [-0.39, 0.29) is 12.6 Å². The van der Waals surface area contributed by atoms with Gasteiger partial charge in [-0.3, -0.25) is 9.78 Å². The molecule has 0 aromatic carbocycles. The van der Waals surface area contributed by atoms with Crippen LogP contribution >= 0.6 is 0 Å². The Hall–Kier alpha value is -2.17. The summed E-state index contributed by atoms with van der Waals surface area (Å²) in [6.45, 7) is 6.48. The summed E-state index contributed by atoms with van der Waals surface area (Å²) in [7, 11) is 0. The van der Waals surface area contributed by atoms with Crippen LogP contribution < -0.4 is 0 Å². The molecular formula is C15H19N3O2. The van der Waals surface area contributed by atoms with Gasteiger partial charge in [-0.2, -0.15) is 0 Å².